The third-order valence-electron chi connectivity index (χ3n) is 5.83. The maximum atomic E-state index is 13.7. The van der Waals surface area contributed by atoms with E-state index in [1.807, 2.05) is 19.1 Å². The minimum atomic E-state index is -0.525. The number of fused-ring (bicyclic) bond motifs is 1. The van der Waals surface area contributed by atoms with Crippen LogP contribution in [-0.2, 0) is 4.74 Å². The molecular formula is C27H25Cl2N3O3. The van der Waals surface area contributed by atoms with Gasteiger partial charge in [-0.2, -0.15) is 0 Å². The molecule has 0 fully saturated rings. The van der Waals surface area contributed by atoms with E-state index in [9.17, 15) is 9.59 Å². The van der Waals surface area contributed by atoms with Gasteiger partial charge in [0.2, 0.25) is 0 Å². The van der Waals surface area contributed by atoms with Crippen LogP contribution in [0.3, 0.4) is 0 Å². The monoisotopic (exact) mass is 509 g/mol. The molecule has 0 aliphatic rings. The molecular weight excluding hydrogens is 485 g/mol. The first-order valence-electron chi connectivity index (χ1n) is 11.2. The molecule has 4 aromatic rings. The smallest absolute Gasteiger partial charge is 0.266 e. The number of ether oxygens (including phenoxy) is 1. The zero-order chi connectivity index (χ0) is 24.9. The summed E-state index contributed by atoms with van der Waals surface area (Å²) < 4.78 is 6.78. The second-order valence-electron chi connectivity index (χ2n) is 8.13. The Morgan fingerprint density at radius 3 is 2.29 bits per heavy atom. The molecule has 0 saturated carbocycles. The predicted octanol–water partition coefficient (Wildman–Crippen LogP) is 5.93. The van der Waals surface area contributed by atoms with Crippen LogP contribution in [0.15, 0.2) is 77.6 Å². The Morgan fingerprint density at radius 1 is 1.00 bits per heavy atom. The van der Waals surface area contributed by atoms with Crippen molar-refractivity contribution in [3.8, 4) is 5.69 Å². The maximum absolute atomic E-state index is 13.7. The number of nitrogens with zero attached hydrogens (tertiary/aromatic N) is 3. The largest absolute Gasteiger partial charge is 0.385 e. The molecule has 0 aliphatic carbocycles. The number of benzene rings is 3. The van der Waals surface area contributed by atoms with Gasteiger partial charge in [-0.15, -0.1) is 0 Å². The third-order valence-corrected chi connectivity index (χ3v) is 6.33. The van der Waals surface area contributed by atoms with E-state index in [-0.39, 0.29) is 11.5 Å². The van der Waals surface area contributed by atoms with Crippen LogP contribution in [0.1, 0.15) is 35.6 Å². The van der Waals surface area contributed by atoms with E-state index in [4.69, 9.17) is 32.9 Å². The zero-order valence-corrected chi connectivity index (χ0v) is 21.0. The first kappa shape index (κ1) is 24.9. The summed E-state index contributed by atoms with van der Waals surface area (Å²) in [6.45, 7) is 2.79. The molecule has 1 unspecified atom stereocenters. The average molecular weight is 510 g/mol. The van der Waals surface area contributed by atoms with Gasteiger partial charge in [-0.1, -0.05) is 35.3 Å². The lowest BCUT2D eigenvalue weighted by molar-refractivity contribution is 0.0657. The summed E-state index contributed by atoms with van der Waals surface area (Å²) in [5.41, 5.74) is 1.48. The number of aromatic nitrogens is 2. The summed E-state index contributed by atoms with van der Waals surface area (Å²) in [7, 11) is 1.62. The average Bonchev–Trinajstić information content (AvgIpc) is 2.87. The van der Waals surface area contributed by atoms with Crippen molar-refractivity contribution in [2.45, 2.75) is 19.4 Å². The molecule has 3 aromatic carbocycles. The van der Waals surface area contributed by atoms with Gasteiger partial charge in [0.1, 0.15) is 5.82 Å². The summed E-state index contributed by atoms with van der Waals surface area (Å²) in [5, 5.41) is 1.60. The molecule has 6 nitrogen and oxygen atoms in total. The summed E-state index contributed by atoms with van der Waals surface area (Å²) in [4.78, 5) is 33.8. The van der Waals surface area contributed by atoms with Crippen molar-refractivity contribution in [2.24, 2.45) is 0 Å². The fourth-order valence-electron chi connectivity index (χ4n) is 4.02. The van der Waals surface area contributed by atoms with Crippen molar-refractivity contribution in [3.05, 3.63) is 105 Å². The van der Waals surface area contributed by atoms with Crippen molar-refractivity contribution in [1.82, 2.24) is 14.5 Å². The van der Waals surface area contributed by atoms with Crippen LogP contribution in [0.2, 0.25) is 10.0 Å². The van der Waals surface area contributed by atoms with Crippen molar-refractivity contribution >= 4 is 40.0 Å². The summed E-state index contributed by atoms with van der Waals surface area (Å²) in [6.07, 6.45) is 0.624. The Labute approximate surface area is 213 Å². The Kier molecular flexibility index (Phi) is 7.86. The molecule has 1 aromatic heterocycles. The lowest BCUT2D eigenvalue weighted by Gasteiger charge is -2.31. The van der Waals surface area contributed by atoms with Gasteiger partial charge in [0.25, 0.3) is 11.5 Å². The van der Waals surface area contributed by atoms with E-state index in [0.29, 0.717) is 57.6 Å². The van der Waals surface area contributed by atoms with Gasteiger partial charge >= 0.3 is 0 Å². The number of carbonyl (C=O) groups is 1. The standard InChI is InChI=1S/C27H25Cl2N3O3/c1-18(31(16-5-17-35-2)26(33)19-8-10-20(28)11-9-19)25-30-24-7-4-3-6-23(24)27(34)32(25)22-14-12-21(29)13-15-22/h3-4,6-15,18H,5,16-17H2,1-2H3. The Balaban J connectivity index is 1.87. The van der Waals surface area contributed by atoms with Crippen molar-refractivity contribution in [3.63, 3.8) is 0 Å². The van der Waals surface area contributed by atoms with E-state index >= 15 is 0 Å². The summed E-state index contributed by atoms with van der Waals surface area (Å²) >= 11 is 12.1. The Bertz CT molecular complexity index is 1390. The second-order valence-corrected chi connectivity index (χ2v) is 9.00. The van der Waals surface area contributed by atoms with E-state index in [0.717, 1.165) is 0 Å². The van der Waals surface area contributed by atoms with Gasteiger partial charge < -0.3 is 9.64 Å². The first-order valence-corrected chi connectivity index (χ1v) is 12.0. The minimum absolute atomic E-state index is 0.185. The SMILES string of the molecule is COCCCN(C(=O)c1ccc(Cl)cc1)C(C)c1nc2ccccc2c(=O)n1-c1ccc(Cl)cc1. The second kappa shape index (κ2) is 11.0. The molecule has 0 radical (unpaired) electrons. The zero-order valence-electron chi connectivity index (χ0n) is 19.4. The number of halogens is 2. The molecule has 1 atom stereocenters. The number of methoxy groups -OCH3 is 1. The number of carbonyl (C=O) groups excluding carboxylic acids is 1. The lowest BCUT2D eigenvalue weighted by atomic mass is 10.1. The highest BCUT2D eigenvalue weighted by atomic mass is 35.5. The van der Waals surface area contributed by atoms with E-state index in [1.54, 1.807) is 77.2 Å². The van der Waals surface area contributed by atoms with Crippen LogP contribution in [-0.4, -0.2) is 40.6 Å². The van der Waals surface area contributed by atoms with Crippen molar-refractivity contribution < 1.29 is 9.53 Å². The lowest BCUT2D eigenvalue weighted by Crippen LogP contribution is -2.38. The topological polar surface area (TPSA) is 64.4 Å². The highest BCUT2D eigenvalue weighted by Crippen LogP contribution is 2.26. The highest BCUT2D eigenvalue weighted by molar-refractivity contribution is 6.30. The molecule has 8 heteroatoms. The molecule has 4 rings (SSSR count). The van der Waals surface area contributed by atoms with Crippen LogP contribution < -0.4 is 5.56 Å². The minimum Gasteiger partial charge on any atom is -0.385 e. The highest BCUT2D eigenvalue weighted by Gasteiger charge is 2.27. The number of hydrogen-bond acceptors (Lipinski definition) is 4. The van der Waals surface area contributed by atoms with Crippen molar-refractivity contribution in [2.75, 3.05) is 20.3 Å². The molecule has 0 N–H and O–H groups in total. The Hall–Kier alpha value is -3.19. The molecule has 1 heterocycles. The van der Waals surface area contributed by atoms with Crippen molar-refractivity contribution in [1.29, 1.82) is 0 Å². The van der Waals surface area contributed by atoms with E-state index in [1.165, 1.54) is 0 Å². The normalized spacial score (nSPS) is 12.0. The molecule has 0 saturated heterocycles. The molecule has 0 spiro atoms. The van der Waals surface area contributed by atoms with Crippen LogP contribution in [0, 0.1) is 0 Å². The summed E-state index contributed by atoms with van der Waals surface area (Å²) in [6, 6.07) is 20.4. The molecule has 0 aliphatic heterocycles. The molecule has 35 heavy (non-hydrogen) atoms. The Morgan fingerprint density at radius 2 is 1.63 bits per heavy atom. The fourth-order valence-corrected chi connectivity index (χ4v) is 4.27. The molecule has 180 valence electrons. The maximum Gasteiger partial charge on any atom is 0.266 e. The van der Waals surface area contributed by atoms with Gasteiger partial charge in [0.15, 0.2) is 0 Å². The van der Waals surface area contributed by atoms with Gasteiger partial charge in [0, 0.05) is 35.9 Å². The van der Waals surface area contributed by atoms with Crippen LogP contribution in [0.5, 0.6) is 0 Å². The number of hydrogen-bond donors (Lipinski definition) is 0. The van der Waals surface area contributed by atoms with Crippen LogP contribution in [0.25, 0.3) is 16.6 Å². The fraction of sp³-hybridized carbons (Fsp3) is 0.222. The quantitative estimate of drug-likeness (QED) is 0.276. The predicted molar refractivity (Wildman–Crippen MR) is 140 cm³/mol. The number of rotatable bonds is 8. The van der Waals surface area contributed by atoms with Gasteiger partial charge in [-0.05, 0) is 74.0 Å². The van der Waals surface area contributed by atoms with Crippen LogP contribution in [0.4, 0.5) is 0 Å². The number of para-hydroxylation sites is 1. The third kappa shape index (κ3) is 5.40. The number of amides is 1. The van der Waals surface area contributed by atoms with E-state index in [2.05, 4.69) is 0 Å². The summed E-state index contributed by atoms with van der Waals surface area (Å²) in [5.74, 6) is 0.270. The van der Waals surface area contributed by atoms with Gasteiger partial charge in [-0.3, -0.25) is 14.2 Å². The van der Waals surface area contributed by atoms with E-state index < -0.39 is 6.04 Å². The van der Waals surface area contributed by atoms with Gasteiger partial charge in [-0.25, -0.2) is 4.98 Å². The van der Waals surface area contributed by atoms with Gasteiger partial charge in [0.05, 0.1) is 22.6 Å². The first-order chi connectivity index (χ1) is 16.9. The van der Waals surface area contributed by atoms with Crippen LogP contribution >= 0.6 is 23.2 Å². The molecule has 1 amide bonds. The molecule has 0 bridgehead atoms.